The third-order valence-corrected chi connectivity index (χ3v) is 13.8. The molecule has 1 aliphatic carbocycles. The van der Waals surface area contributed by atoms with Crippen LogP contribution in [0.3, 0.4) is 0 Å². The largest absolute Gasteiger partial charge is 0.464 e. The molecule has 65 heavy (non-hydrogen) atoms. The Morgan fingerprint density at radius 2 is 0.723 bits per heavy atom. The summed E-state index contributed by atoms with van der Waals surface area (Å²) in [5, 5.41) is 1.10. The van der Waals surface area contributed by atoms with Gasteiger partial charge in [-0.3, -0.25) is 0 Å². The van der Waals surface area contributed by atoms with Crippen molar-refractivity contribution in [1.29, 1.82) is 0 Å². The minimum absolute atomic E-state index is 0.651. The molecule has 13 rings (SSSR count). The SMILES string of the molecule is c1ccc(-c2ccccc2-c2ccc3c(c2)C2(c4ccccc4-c4ccccc42)c2cc(-c4ccccc4-c4ccccc4)ccc2N3c2cccc(-c3coc4ccccc34)c2)cc1. The summed E-state index contributed by atoms with van der Waals surface area (Å²) in [7, 11) is 0. The summed E-state index contributed by atoms with van der Waals surface area (Å²) in [5.74, 6) is 0. The second kappa shape index (κ2) is 14.8. The molecule has 0 saturated carbocycles. The van der Waals surface area contributed by atoms with Crippen LogP contribution in [0.5, 0.6) is 0 Å². The lowest BCUT2D eigenvalue weighted by Gasteiger charge is -2.45. The highest BCUT2D eigenvalue weighted by molar-refractivity contribution is 6.00. The number of fused-ring (bicyclic) bond motifs is 10. The van der Waals surface area contributed by atoms with E-state index in [1.807, 2.05) is 18.4 Å². The first-order chi connectivity index (χ1) is 32.3. The molecule has 0 atom stereocenters. The highest BCUT2D eigenvalue weighted by Crippen LogP contribution is 2.64. The van der Waals surface area contributed by atoms with Gasteiger partial charge in [0.15, 0.2) is 0 Å². The molecule has 0 unspecified atom stereocenters. The lowest BCUT2D eigenvalue weighted by Crippen LogP contribution is -2.36. The zero-order valence-corrected chi connectivity index (χ0v) is 35.5. The third-order valence-electron chi connectivity index (χ3n) is 13.8. The fraction of sp³-hybridized carbons (Fsp3) is 0.0159. The maximum absolute atomic E-state index is 6.11. The highest BCUT2D eigenvalue weighted by Gasteiger charge is 2.52. The number of anilines is 3. The van der Waals surface area contributed by atoms with Crippen molar-refractivity contribution in [3.05, 3.63) is 271 Å². The summed E-state index contributed by atoms with van der Waals surface area (Å²) >= 11 is 0. The molecular formula is C63H41NO. The molecule has 0 fully saturated rings. The summed E-state index contributed by atoms with van der Waals surface area (Å²) < 4.78 is 6.11. The van der Waals surface area contributed by atoms with E-state index in [1.54, 1.807) is 0 Å². The first-order valence-electron chi connectivity index (χ1n) is 22.4. The van der Waals surface area contributed by atoms with E-state index in [-0.39, 0.29) is 0 Å². The lowest BCUT2D eigenvalue weighted by atomic mass is 9.64. The molecule has 0 N–H and O–H groups in total. The number of furan rings is 1. The Balaban J connectivity index is 1.13. The van der Waals surface area contributed by atoms with Crippen molar-refractivity contribution in [1.82, 2.24) is 0 Å². The normalized spacial score (nSPS) is 13.0. The standard InChI is InChI=1S/C63H41NO/c1-3-18-42(19-4-1)48-24-7-9-26-50(48)45-34-36-60-58(39-45)63(56-31-14-11-28-52(56)53-29-12-15-32-57(53)63)59-40-46(51-27-10-8-25-49(51)43-20-5-2-6-21-43)35-37-61(59)64(60)47-23-17-22-44(38-47)55-41-65-62-33-16-13-30-54(55)62/h1-41H. The molecule has 1 aliphatic heterocycles. The van der Waals surface area contributed by atoms with Gasteiger partial charge in [0, 0.05) is 16.6 Å². The predicted octanol–water partition coefficient (Wildman–Crippen LogP) is 16.9. The van der Waals surface area contributed by atoms with Crippen LogP contribution >= 0.6 is 0 Å². The molecule has 0 amide bonds. The van der Waals surface area contributed by atoms with Crippen LogP contribution < -0.4 is 4.90 Å². The van der Waals surface area contributed by atoms with Crippen molar-refractivity contribution in [3.63, 3.8) is 0 Å². The van der Waals surface area contributed by atoms with Gasteiger partial charge >= 0.3 is 0 Å². The molecule has 2 nitrogen and oxygen atoms in total. The van der Waals surface area contributed by atoms with Crippen molar-refractivity contribution in [2.45, 2.75) is 5.41 Å². The lowest BCUT2D eigenvalue weighted by molar-refractivity contribution is 0.617. The molecule has 2 heteroatoms. The van der Waals surface area contributed by atoms with Crippen molar-refractivity contribution >= 4 is 28.0 Å². The van der Waals surface area contributed by atoms with E-state index < -0.39 is 5.41 Å². The van der Waals surface area contributed by atoms with Crippen LogP contribution in [-0.4, -0.2) is 0 Å². The Morgan fingerprint density at radius 1 is 0.292 bits per heavy atom. The molecule has 1 aromatic heterocycles. The van der Waals surface area contributed by atoms with Gasteiger partial charge in [-0.05, 0) is 126 Å². The molecule has 0 saturated heterocycles. The minimum atomic E-state index is -0.651. The van der Waals surface area contributed by atoms with Gasteiger partial charge in [-0.25, -0.2) is 0 Å². The molecule has 2 aliphatic rings. The summed E-state index contributed by atoms with van der Waals surface area (Å²) in [5.41, 5.74) is 23.0. The average Bonchev–Trinajstić information content (AvgIpc) is 3.95. The first kappa shape index (κ1) is 37.1. The van der Waals surface area contributed by atoms with Crippen LogP contribution in [0.25, 0.3) is 77.7 Å². The number of benzene rings is 10. The number of para-hydroxylation sites is 1. The van der Waals surface area contributed by atoms with E-state index in [1.165, 1.54) is 77.9 Å². The molecule has 0 radical (unpaired) electrons. The highest BCUT2D eigenvalue weighted by atomic mass is 16.3. The van der Waals surface area contributed by atoms with Crippen molar-refractivity contribution in [2.75, 3.05) is 4.90 Å². The van der Waals surface area contributed by atoms with Gasteiger partial charge in [0.25, 0.3) is 0 Å². The first-order valence-corrected chi connectivity index (χ1v) is 22.4. The predicted molar refractivity (Wildman–Crippen MR) is 269 cm³/mol. The molecule has 11 aromatic rings. The van der Waals surface area contributed by atoms with Gasteiger partial charge in [-0.1, -0.05) is 200 Å². The van der Waals surface area contributed by atoms with E-state index in [0.29, 0.717) is 0 Å². The maximum atomic E-state index is 6.11. The van der Waals surface area contributed by atoms with Crippen LogP contribution in [-0.2, 0) is 5.41 Å². The Hall–Kier alpha value is -8.46. The summed E-state index contributed by atoms with van der Waals surface area (Å²) in [4.78, 5) is 2.50. The van der Waals surface area contributed by atoms with Gasteiger partial charge in [0.05, 0.1) is 23.1 Å². The van der Waals surface area contributed by atoms with Gasteiger partial charge in [-0.15, -0.1) is 0 Å². The fourth-order valence-electron chi connectivity index (χ4n) is 11.0. The smallest absolute Gasteiger partial charge is 0.134 e. The summed E-state index contributed by atoms with van der Waals surface area (Å²) in [6, 6.07) is 89.1. The molecule has 10 aromatic carbocycles. The van der Waals surface area contributed by atoms with Crippen molar-refractivity contribution < 1.29 is 4.42 Å². The monoisotopic (exact) mass is 827 g/mol. The van der Waals surface area contributed by atoms with Crippen LogP contribution in [0.2, 0.25) is 0 Å². The van der Waals surface area contributed by atoms with E-state index >= 15 is 0 Å². The quantitative estimate of drug-likeness (QED) is 0.166. The van der Waals surface area contributed by atoms with E-state index in [0.717, 1.165) is 39.2 Å². The minimum Gasteiger partial charge on any atom is -0.464 e. The second-order valence-electron chi connectivity index (χ2n) is 17.2. The third kappa shape index (κ3) is 5.67. The van der Waals surface area contributed by atoms with Crippen LogP contribution in [0, 0.1) is 0 Å². The number of nitrogens with zero attached hydrogens (tertiary/aromatic N) is 1. The number of hydrogen-bond acceptors (Lipinski definition) is 2. The Bertz CT molecular complexity index is 3440. The zero-order valence-electron chi connectivity index (χ0n) is 35.5. The van der Waals surface area contributed by atoms with Crippen LogP contribution in [0.15, 0.2) is 253 Å². The van der Waals surface area contributed by atoms with Gasteiger partial charge in [-0.2, -0.15) is 0 Å². The van der Waals surface area contributed by atoms with Crippen LogP contribution in [0.1, 0.15) is 22.3 Å². The second-order valence-corrected chi connectivity index (χ2v) is 17.2. The topological polar surface area (TPSA) is 16.4 Å². The zero-order chi connectivity index (χ0) is 42.9. The molecule has 2 heterocycles. The van der Waals surface area contributed by atoms with E-state index in [9.17, 15) is 0 Å². The average molecular weight is 828 g/mol. The van der Waals surface area contributed by atoms with E-state index in [2.05, 4.69) is 235 Å². The Labute approximate surface area is 379 Å². The van der Waals surface area contributed by atoms with E-state index in [4.69, 9.17) is 4.42 Å². The number of rotatable bonds is 6. The molecular weight excluding hydrogens is 787 g/mol. The van der Waals surface area contributed by atoms with Crippen LogP contribution in [0.4, 0.5) is 17.1 Å². The molecule has 304 valence electrons. The molecule has 0 bridgehead atoms. The maximum Gasteiger partial charge on any atom is 0.134 e. The Morgan fingerprint density at radius 3 is 1.28 bits per heavy atom. The fourth-order valence-corrected chi connectivity index (χ4v) is 11.0. The van der Waals surface area contributed by atoms with Crippen molar-refractivity contribution in [3.8, 4) is 66.8 Å². The number of hydrogen-bond donors (Lipinski definition) is 0. The summed E-state index contributed by atoms with van der Waals surface area (Å²) in [6.45, 7) is 0. The summed E-state index contributed by atoms with van der Waals surface area (Å²) in [6.07, 6.45) is 1.90. The van der Waals surface area contributed by atoms with Gasteiger partial charge in [0.1, 0.15) is 5.58 Å². The molecule has 1 spiro atoms. The Kier molecular flexibility index (Phi) is 8.47. The van der Waals surface area contributed by atoms with Gasteiger partial charge in [0.2, 0.25) is 0 Å². The van der Waals surface area contributed by atoms with Crippen molar-refractivity contribution in [2.24, 2.45) is 0 Å². The van der Waals surface area contributed by atoms with Gasteiger partial charge < -0.3 is 9.32 Å².